The monoisotopic (exact) mass is 238 g/mol. The number of hydrogen-bond acceptors (Lipinski definition) is 2. The molecule has 1 rings (SSSR count). The fraction of sp³-hybridized carbons (Fsp3) is 0.462. The predicted molar refractivity (Wildman–Crippen MR) is 66.6 cm³/mol. The van der Waals surface area contributed by atoms with Crippen LogP contribution >= 0.6 is 0 Å². The van der Waals surface area contributed by atoms with Crippen LogP contribution in [0.3, 0.4) is 0 Å². The van der Waals surface area contributed by atoms with E-state index in [-0.39, 0.29) is 17.8 Å². The van der Waals surface area contributed by atoms with Crippen LogP contribution in [0.25, 0.3) is 0 Å². The van der Waals surface area contributed by atoms with Gasteiger partial charge < -0.3 is 10.6 Å². The van der Waals surface area contributed by atoms with Gasteiger partial charge in [0.05, 0.1) is 0 Å². The lowest BCUT2D eigenvalue weighted by Gasteiger charge is -2.13. The summed E-state index contributed by atoms with van der Waals surface area (Å²) >= 11 is 0. The molecule has 0 radical (unpaired) electrons. The van der Waals surface area contributed by atoms with E-state index < -0.39 is 0 Å². The van der Waals surface area contributed by atoms with Crippen LogP contribution in [-0.2, 0) is 0 Å². The predicted octanol–water partition coefficient (Wildman–Crippen LogP) is 1.86. The molecule has 1 aromatic rings. The number of rotatable bonds is 5. The van der Waals surface area contributed by atoms with Gasteiger partial charge in [-0.2, -0.15) is 0 Å². The maximum absolute atomic E-state index is 13.0. The second kappa shape index (κ2) is 6.35. The Morgan fingerprint density at radius 2 is 2.18 bits per heavy atom. The first-order chi connectivity index (χ1) is 8.04. The molecule has 0 saturated heterocycles. The molecule has 3 nitrogen and oxygen atoms in total. The highest BCUT2D eigenvalue weighted by molar-refractivity contribution is 5.94. The topological polar surface area (TPSA) is 41.1 Å². The minimum atomic E-state index is -0.289. The minimum absolute atomic E-state index is 0.169. The second-order valence-corrected chi connectivity index (χ2v) is 4.13. The van der Waals surface area contributed by atoms with Crippen LogP contribution < -0.4 is 10.6 Å². The summed E-state index contributed by atoms with van der Waals surface area (Å²) in [6.07, 6.45) is 0. The highest BCUT2D eigenvalue weighted by Crippen LogP contribution is 2.08. The van der Waals surface area contributed by atoms with Crippen molar-refractivity contribution < 1.29 is 9.18 Å². The van der Waals surface area contributed by atoms with E-state index in [1.54, 1.807) is 13.0 Å². The van der Waals surface area contributed by atoms with Gasteiger partial charge in [0.25, 0.3) is 5.91 Å². The van der Waals surface area contributed by atoms with Crippen molar-refractivity contribution in [2.45, 2.75) is 26.8 Å². The minimum Gasteiger partial charge on any atom is -0.350 e. The number of nitrogens with one attached hydrogen (secondary N) is 2. The van der Waals surface area contributed by atoms with E-state index in [0.29, 0.717) is 17.7 Å². The zero-order valence-corrected chi connectivity index (χ0v) is 10.5. The summed E-state index contributed by atoms with van der Waals surface area (Å²) in [5.74, 6) is -0.458. The number of aryl methyl sites for hydroxylation is 1. The van der Waals surface area contributed by atoms with E-state index in [1.807, 2.05) is 13.8 Å². The van der Waals surface area contributed by atoms with Crippen LogP contribution in [0.1, 0.15) is 29.8 Å². The molecule has 1 aromatic carbocycles. The molecule has 2 N–H and O–H groups in total. The smallest absolute Gasteiger partial charge is 0.251 e. The number of benzene rings is 1. The summed E-state index contributed by atoms with van der Waals surface area (Å²) in [4.78, 5) is 11.8. The van der Waals surface area contributed by atoms with Crippen LogP contribution in [0.4, 0.5) is 4.39 Å². The Hall–Kier alpha value is -1.42. The van der Waals surface area contributed by atoms with Crippen LogP contribution in [0.15, 0.2) is 18.2 Å². The van der Waals surface area contributed by atoms with E-state index >= 15 is 0 Å². The van der Waals surface area contributed by atoms with Gasteiger partial charge in [-0.15, -0.1) is 0 Å². The van der Waals surface area contributed by atoms with E-state index in [4.69, 9.17) is 0 Å². The maximum Gasteiger partial charge on any atom is 0.251 e. The van der Waals surface area contributed by atoms with Crippen molar-refractivity contribution in [1.82, 2.24) is 10.6 Å². The standard InChI is InChI=1S/C13H19FN2O/c1-4-15-10(3)8-16-13(17)11-5-6-12(14)9(2)7-11/h5-7,10,15H,4,8H2,1-3H3,(H,16,17)/t10-/m1/s1. The van der Waals surface area contributed by atoms with Gasteiger partial charge in [-0.3, -0.25) is 4.79 Å². The molecule has 4 heteroatoms. The number of carbonyl (C=O) groups is 1. The Morgan fingerprint density at radius 3 is 2.76 bits per heavy atom. The Labute approximate surface area is 101 Å². The first kappa shape index (κ1) is 13.6. The number of amides is 1. The zero-order valence-electron chi connectivity index (χ0n) is 10.5. The van der Waals surface area contributed by atoms with Crippen molar-refractivity contribution in [3.05, 3.63) is 35.1 Å². The average Bonchev–Trinajstić information content (AvgIpc) is 2.30. The lowest BCUT2D eigenvalue weighted by Crippen LogP contribution is -2.38. The van der Waals surface area contributed by atoms with Gasteiger partial charge in [-0.25, -0.2) is 4.39 Å². The number of carbonyl (C=O) groups excluding carboxylic acids is 1. The third-order valence-corrected chi connectivity index (χ3v) is 2.54. The summed E-state index contributed by atoms with van der Waals surface area (Å²) in [5, 5.41) is 6.00. The first-order valence-electron chi connectivity index (χ1n) is 5.82. The Kier molecular flexibility index (Phi) is 5.10. The lowest BCUT2D eigenvalue weighted by atomic mass is 10.1. The van der Waals surface area contributed by atoms with Gasteiger partial charge in [0.2, 0.25) is 0 Å². The normalized spacial score (nSPS) is 12.2. The quantitative estimate of drug-likeness (QED) is 0.822. The Balaban J connectivity index is 2.55. The molecule has 0 saturated carbocycles. The summed E-state index contributed by atoms with van der Waals surface area (Å²) in [6.45, 7) is 7.09. The highest BCUT2D eigenvalue weighted by Gasteiger charge is 2.08. The molecule has 0 heterocycles. The molecule has 0 aliphatic heterocycles. The molecular weight excluding hydrogens is 219 g/mol. The number of halogens is 1. The molecule has 0 fully saturated rings. The molecule has 0 unspecified atom stereocenters. The fourth-order valence-electron chi connectivity index (χ4n) is 1.55. The molecule has 0 aromatic heterocycles. The molecule has 0 spiro atoms. The van der Waals surface area contributed by atoms with Crippen LogP contribution in [0.5, 0.6) is 0 Å². The lowest BCUT2D eigenvalue weighted by molar-refractivity contribution is 0.0950. The summed E-state index contributed by atoms with van der Waals surface area (Å²) in [5.41, 5.74) is 0.977. The summed E-state index contributed by atoms with van der Waals surface area (Å²) in [7, 11) is 0. The van der Waals surface area contributed by atoms with Crippen molar-refractivity contribution in [3.8, 4) is 0 Å². The van der Waals surface area contributed by atoms with Crippen molar-refractivity contribution in [3.63, 3.8) is 0 Å². The molecule has 17 heavy (non-hydrogen) atoms. The van der Waals surface area contributed by atoms with Gasteiger partial charge in [0, 0.05) is 18.2 Å². The number of hydrogen-bond donors (Lipinski definition) is 2. The third-order valence-electron chi connectivity index (χ3n) is 2.54. The molecule has 0 bridgehead atoms. The van der Waals surface area contributed by atoms with Gasteiger partial charge >= 0.3 is 0 Å². The van der Waals surface area contributed by atoms with E-state index in [2.05, 4.69) is 10.6 Å². The second-order valence-electron chi connectivity index (χ2n) is 4.13. The van der Waals surface area contributed by atoms with Gasteiger partial charge in [-0.1, -0.05) is 6.92 Å². The van der Waals surface area contributed by atoms with Crippen molar-refractivity contribution in [2.24, 2.45) is 0 Å². The van der Waals surface area contributed by atoms with Crippen molar-refractivity contribution in [2.75, 3.05) is 13.1 Å². The van der Waals surface area contributed by atoms with Crippen LogP contribution in [-0.4, -0.2) is 25.0 Å². The highest BCUT2D eigenvalue weighted by atomic mass is 19.1. The molecule has 0 aliphatic carbocycles. The van der Waals surface area contributed by atoms with Crippen LogP contribution in [0.2, 0.25) is 0 Å². The van der Waals surface area contributed by atoms with Gasteiger partial charge in [-0.05, 0) is 44.2 Å². The Morgan fingerprint density at radius 1 is 1.47 bits per heavy atom. The largest absolute Gasteiger partial charge is 0.350 e. The molecular formula is C13H19FN2O. The first-order valence-corrected chi connectivity index (χ1v) is 5.82. The molecule has 1 atom stereocenters. The SMILES string of the molecule is CCN[C@H](C)CNC(=O)c1ccc(F)c(C)c1. The van der Waals surface area contributed by atoms with Crippen molar-refractivity contribution >= 4 is 5.91 Å². The van der Waals surface area contributed by atoms with Gasteiger partial charge in [0.15, 0.2) is 0 Å². The summed E-state index contributed by atoms with van der Waals surface area (Å²) < 4.78 is 13.0. The molecule has 1 amide bonds. The summed E-state index contributed by atoms with van der Waals surface area (Å²) in [6, 6.07) is 4.60. The third kappa shape index (κ3) is 4.15. The van der Waals surface area contributed by atoms with Crippen LogP contribution in [0, 0.1) is 12.7 Å². The Bertz CT molecular complexity index is 393. The molecule has 94 valence electrons. The van der Waals surface area contributed by atoms with E-state index in [0.717, 1.165) is 6.54 Å². The molecule has 0 aliphatic rings. The maximum atomic E-state index is 13.0. The zero-order chi connectivity index (χ0) is 12.8. The van der Waals surface area contributed by atoms with Crippen molar-refractivity contribution in [1.29, 1.82) is 0 Å². The van der Waals surface area contributed by atoms with Gasteiger partial charge in [0.1, 0.15) is 5.82 Å². The fourth-order valence-corrected chi connectivity index (χ4v) is 1.55. The number of likely N-dealkylation sites (N-methyl/N-ethyl adjacent to an activating group) is 1. The van der Waals surface area contributed by atoms with E-state index in [9.17, 15) is 9.18 Å². The van der Waals surface area contributed by atoms with E-state index in [1.165, 1.54) is 12.1 Å². The average molecular weight is 238 g/mol.